The van der Waals surface area contributed by atoms with Crippen molar-refractivity contribution in [3.63, 3.8) is 0 Å². The molecule has 15 heavy (non-hydrogen) atoms. The van der Waals surface area contributed by atoms with Crippen molar-refractivity contribution < 1.29 is 4.39 Å². The fourth-order valence-corrected chi connectivity index (χ4v) is 1.42. The molecule has 0 bridgehead atoms. The van der Waals surface area contributed by atoms with Gasteiger partial charge in [-0.05, 0) is 44.0 Å². The van der Waals surface area contributed by atoms with Crippen LogP contribution in [0.1, 0.15) is 18.1 Å². The highest BCUT2D eigenvalue weighted by Gasteiger charge is 1.99. The Labute approximate surface area is 90.7 Å². The van der Waals surface area contributed by atoms with Crippen LogP contribution in [-0.2, 0) is 6.42 Å². The molecule has 0 amide bonds. The summed E-state index contributed by atoms with van der Waals surface area (Å²) in [5, 5.41) is 3.25. The Morgan fingerprint density at radius 2 is 2.20 bits per heavy atom. The third-order valence-electron chi connectivity index (χ3n) is 2.28. The van der Waals surface area contributed by atoms with Crippen molar-refractivity contribution in [2.45, 2.75) is 26.3 Å². The molecule has 84 valence electrons. The Hall–Kier alpha value is -0.930. The van der Waals surface area contributed by atoms with Crippen LogP contribution in [0.4, 0.5) is 4.39 Å². The van der Waals surface area contributed by atoms with Crippen molar-refractivity contribution in [1.82, 2.24) is 5.32 Å². The molecule has 2 nitrogen and oxygen atoms in total. The van der Waals surface area contributed by atoms with Gasteiger partial charge in [0, 0.05) is 12.6 Å². The first-order chi connectivity index (χ1) is 7.09. The van der Waals surface area contributed by atoms with E-state index in [9.17, 15) is 4.39 Å². The summed E-state index contributed by atoms with van der Waals surface area (Å²) in [4.78, 5) is 0. The monoisotopic (exact) mass is 210 g/mol. The maximum Gasteiger partial charge on any atom is 0.126 e. The van der Waals surface area contributed by atoms with Crippen molar-refractivity contribution in [2.24, 2.45) is 5.73 Å². The van der Waals surface area contributed by atoms with Gasteiger partial charge in [0.1, 0.15) is 5.82 Å². The summed E-state index contributed by atoms with van der Waals surface area (Å²) in [6.07, 6.45) is 0.911. The molecule has 0 saturated carbocycles. The van der Waals surface area contributed by atoms with Gasteiger partial charge in [-0.25, -0.2) is 4.39 Å². The molecule has 3 heteroatoms. The lowest BCUT2D eigenvalue weighted by Crippen LogP contribution is -2.32. The zero-order valence-electron chi connectivity index (χ0n) is 9.39. The van der Waals surface area contributed by atoms with Gasteiger partial charge in [-0.2, -0.15) is 0 Å². The average molecular weight is 210 g/mol. The molecule has 3 N–H and O–H groups in total. The molecule has 1 atom stereocenters. The normalized spacial score (nSPS) is 12.8. The number of nitrogens with two attached hydrogens (primary N) is 1. The predicted molar refractivity (Wildman–Crippen MR) is 61.4 cm³/mol. The fraction of sp³-hybridized carbons (Fsp3) is 0.500. The lowest BCUT2D eigenvalue weighted by molar-refractivity contribution is 0.604. The highest BCUT2D eigenvalue weighted by Crippen LogP contribution is 2.09. The number of aryl methyl sites for hydroxylation is 1. The van der Waals surface area contributed by atoms with E-state index in [0.29, 0.717) is 5.56 Å². The van der Waals surface area contributed by atoms with Crippen LogP contribution in [0.25, 0.3) is 0 Å². The molecule has 0 aliphatic heterocycles. The van der Waals surface area contributed by atoms with Gasteiger partial charge in [0.15, 0.2) is 0 Å². The first-order valence-electron chi connectivity index (χ1n) is 5.31. The van der Waals surface area contributed by atoms with Gasteiger partial charge in [-0.15, -0.1) is 0 Å². The Balaban J connectivity index is 2.35. The van der Waals surface area contributed by atoms with Gasteiger partial charge >= 0.3 is 0 Å². The molecule has 0 saturated heterocycles. The van der Waals surface area contributed by atoms with Crippen LogP contribution in [0.5, 0.6) is 0 Å². The number of hydrogen-bond acceptors (Lipinski definition) is 2. The maximum atomic E-state index is 13.0. The Bertz CT molecular complexity index is 310. The minimum absolute atomic E-state index is 0.137. The highest BCUT2D eigenvalue weighted by molar-refractivity contribution is 5.24. The van der Waals surface area contributed by atoms with Crippen LogP contribution < -0.4 is 11.1 Å². The molecule has 0 aliphatic rings. The van der Waals surface area contributed by atoms with Crippen LogP contribution in [-0.4, -0.2) is 19.1 Å². The lowest BCUT2D eigenvalue weighted by atomic mass is 10.1. The van der Waals surface area contributed by atoms with E-state index in [1.165, 1.54) is 6.07 Å². The van der Waals surface area contributed by atoms with Gasteiger partial charge in [0.2, 0.25) is 0 Å². The highest BCUT2D eigenvalue weighted by atomic mass is 19.1. The summed E-state index contributed by atoms with van der Waals surface area (Å²) < 4.78 is 13.0. The van der Waals surface area contributed by atoms with Crippen molar-refractivity contribution >= 4 is 0 Å². The largest absolute Gasteiger partial charge is 0.327 e. The topological polar surface area (TPSA) is 38.0 Å². The minimum atomic E-state index is -0.137. The van der Waals surface area contributed by atoms with Gasteiger partial charge in [-0.3, -0.25) is 0 Å². The lowest BCUT2D eigenvalue weighted by Gasteiger charge is -2.08. The van der Waals surface area contributed by atoms with E-state index in [0.717, 1.165) is 25.1 Å². The molecule has 0 heterocycles. The molecule has 0 spiro atoms. The molecule has 1 aromatic carbocycles. The summed E-state index contributed by atoms with van der Waals surface area (Å²) in [7, 11) is 0. The van der Waals surface area contributed by atoms with E-state index in [4.69, 9.17) is 5.73 Å². The number of halogens is 1. The van der Waals surface area contributed by atoms with E-state index >= 15 is 0 Å². The molecule has 1 rings (SSSR count). The van der Waals surface area contributed by atoms with Crippen LogP contribution in [0.2, 0.25) is 0 Å². The zero-order valence-corrected chi connectivity index (χ0v) is 9.39. The van der Waals surface area contributed by atoms with Crippen LogP contribution in [0.3, 0.4) is 0 Å². The number of benzene rings is 1. The molecule has 0 aromatic heterocycles. The number of hydrogen-bond donors (Lipinski definition) is 2. The summed E-state index contributed by atoms with van der Waals surface area (Å²) in [5.41, 5.74) is 7.47. The summed E-state index contributed by atoms with van der Waals surface area (Å²) in [6, 6.07) is 5.43. The molecular formula is C12H19FN2. The second kappa shape index (κ2) is 5.83. The third kappa shape index (κ3) is 4.40. The number of nitrogens with one attached hydrogen (secondary N) is 1. The Kier molecular flexibility index (Phi) is 4.72. The van der Waals surface area contributed by atoms with Gasteiger partial charge in [0.25, 0.3) is 0 Å². The van der Waals surface area contributed by atoms with Crippen molar-refractivity contribution in [2.75, 3.05) is 13.1 Å². The Morgan fingerprint density at radius 1 is 1.47 bits per heavy atom. The van der Waals surface area contributed by atoms with Crippen LogP contribution in [0, 0.1) is 12.7 Å². The summed E-state index contributed by atoms with van der Waals surface area (Å²) in [6.45, 7) is 5.45. The number of rotatable bonds is 5. The average Bonchev–Trinajstić information content (AvgIpc) is 2.18. The third-order valence-corrected chi connectivity index (χ3v) is 2.28. The maximum absolute atomic E-state index is 13.0. The van der Waals surface area contributed by atoms with Crippen molar-refractivity contribution in [3.05, 3.63) is 35.1 Å². The van der Waals surface area contributed by atoms with Crippen LogP contribution >= 0.6 is 0 Å². The minimum Gasteiger partial charge on any atom is -0.327 e. The molecule has 1 unspecified atom stereocenters. The second-order valence-electron chi connectivity index (χ2n) is 4.01. The van der Waals surface area contributed by atoms with Gasteiger partial charge in [0.05, 0.1) is 0 Å². The van der Waals surface area contributed by atoms with E-state index in [-0.39, 0.29) is 11.9 Å². The zero-order chi connectivity index (χ0) is 11.3. The first-order valence-corrected chi connectivity index (χ1v) is 5.31. The predicted octanol–water partition coefficient (Wildman–Crippen LogP) is 1.61. The molecule has 1 aromatic rings. The molecule has 0 radical (unpaired) electrons. The van der Waals surface area contributed by atoms with E-state index in [2.05, 4.69) is 5.32 Å². The first kappa shape index (κ1) is 12.1. The van der Waals surface area contributed by atoms with Gasteiger partial charge < -0.3 is 11.1 Å². The Morgan fingerprint density at radius 3 is 2.80 bits per heavy atom. The molecule has 0 aliphatic carbocycles. The summed E-state index contributed by atoms with van der Waals surface area (Å²) in [5.74, 6) is -0.137. The quantitative estimate of drug-likeness (QED) is 0.725. The molecule has 0 fully saturated rings. The fourth-order valence-electron chi connectivity index (χ4n) is 1.42. The SMILES string of the molecule is Cc1cc(CCNCC(C)N)ccc1F. The van der Waals surface area contributed by atoms with E-state index in [1.807, 2.05) is 19.1 Å². The smallest absolute Gasteiger partial charge is 0.126 e. The van der Waals surface area contributed by atoms with E-state index < -0.39 is 0 Å². The second-order valence-corrected chi connectivity index (χ2v) is 4.01. The van der Waals surface area contributed by atoms with Crippen molar-refractivity contribution in [1.29, 1.82) is 0 Å². The van der Waals surface area contributed by atoms with Crippen LogP contribution in [0.15, 0.2) is 18.2 Å². The summed E-state index contributed by atoms with van der Waals surface area (Å²) >= 11 is 0. The molecular weight excluding hydrogens is 191 g/mol. The standard InChI is InChI=1S/C12H19FN2/c1-9-7-11(3-4-12(9)13)5-6-15-8-10(2)14/h3-4,7,10,15H,5-6,8,14H2,1-2H3. The van der Waals surface area contributed by atoms with E-state index in [1.54, 1.807) is 6.92 Å². The van der Waals surface area contributed by atoms with Gasteiger partial charge in [-0.1, -0.05) is 12.1 Å². The van der Waals surface area contributed by atoms with Crippen molar-refractivity contribution in [3.8, 4) is 0 Å².